The Morgan fingerprint density at radius 3 is 2.20 bits per heavy atom. The number of fused-ring (bicyclic) bond motifs is 3. The van der Waals surface area contributed by atoms with Crippen LogP contribution in [0.3, 0.4) is 0 Å². The average molecular weight is 566 g/mol. The molecule has 0 aliphatic heterocycles. The standard InChI is InChI=1S/C33H43NO7/c1-16(2)24-27(37)22(17(3)35)29(39)33(41)30(40)25-28(38)23-20(14-31(25,4)15-32(24,33)5)21(34(6)7)13-19(26(23)36)18-11-9-8-10-12-18/h13,16,18,24,36-37,40-41H,8-12,14-15H2,1-7H3/t24?,31-,32-,33+/m1/s1. The Labute approximate surface area is 241 Å². The molecule has 1 saturated carbocycles. The van der Waals surface area contributed by atoms with Crippen LogP contribution in [0.5, 0.6) is 5.75 Å². The summed E-state index contributed by atoms with van der Waals surface area (Å²) in [7, 11) is 3.79. The molecule has 8 heteroatoms. The van der Waals surface area contributed by atoms with Crippen molar-refractivity contribution in [2.75, 3.05) is 19.0 Å². The van der Waals surface area contributed by atoms with E-state index in [4.69, 9.17) is 0 Å². The van der Waals surface area contributed by atoms with Crippen LogP contribution >= 0.6 is 0 Å². The van der Waals surface area contributed by atoms with E-state index in [0.717, 1.165) is 44.7 Å². The number of phenolic OH excluding ortho intramolecular Hbond substituents is 1. The number of carbonyl (C=O) groups excluding carboxylic acids is 3. The first-order chi connectivity index (χ1) is 19.0. The van der Waals surface area contributed by atoms with Gasteiger partial charge < -0.3 is 25.3 Å². The minimum Gasteiger partial charge on any atom is -0.511 e. The van der Waals surface area contributed by atoms with Crippen molar-refractivity contribution in [2.24, 2.45) is 22.7 Å². The van der Waals surface area contributed by atoms with Crippen molar-refractivity contribution in [1.82, 2.24) is 0 Å². The van der Waals surface area contributed by atoms with E-state index in [1.54, 1.807) is 6.92 Å². The van der Waals surface area contributed by atoms with Gasteiger partial charge in [0.05, 0.1) is 5.56 Å². The van der Waals surface area contributed by atoms with Crippen LogP contribution in [0.25, 0.3) is 0 Å². The van der Waals surface area contributed by atoms with Gasteiger partial charge in [-0.2, -0.15) is 0 Å². The zero-order valence-electron chi connectivity index (χ0n) is 25.2. The van der Waals surface area contributed by atoms with Gasteiger partial charge in [-0.15, -0.1) is 0 Å². The van der Waals surface area contributed by atoms with Crippen LogP contribution in [0.2, 0.25) is 0 Å². The van der Waals surface area contributed by atoms with Gasteiger partial charge in [-0.25, -0.2) is 0 Å². The monoisotopic (exact) mass is 565 g/mol. The molecule has 0 heterocycles. The van der Waals surface area contributed by atoms with Gasteiger partial charge in [0, 0.05) is 42.1 Å². The summed E-state index contributed by atoms with van der Waals surface area (Å²) in [5.74, 6) is -4.72. The van der Waals surface area contributed by atoms with Gasteiger partial charge in [0.2, 0.25) is 5.78 Å². The van der Waals surface area contributed by atoms with Crippen LogP contribution in [0, 0.1) is 22.7 Å². The van der Waals surface area contributed by atoms with Crippen LogP contribution in [-0.2, 0) is 16.0 Å². The molecule has 4 aliphatic carbocycles. The molecule has 0 aromatic heterocycles. The van der Waals surface area contributed by atoms with Gasteiger partial charge >= 0.3 is 0 Å². The molecule has 1 aromatic rings. The van der Waals surface area contributed by atoms with E-state index in [2.05, 4.69) is 0 Å². The molecule has 41 heavy (non-hydrogen) atoms. The lowest BCUT2D eigenvalue weighted by atomic mass is 9.44. The zero-order valence-corrected chi connectivity index (χ0v) is 25.2. The van der Waals surface area contributed by atoms with Gasteiger partial charge in [0.1, 0.15) is 22.8 Å². The van der Waals surface area contributed by atoms with Crippen LogP contribution in [0.15, 0.2) is 28.7 Å². The molecular weight excluding hydrogens is 522 g/mol. The van der Waals surface area contributed by atoms with E-state index in [1.165, 1.54) is 0 Å². The number of anilines is 1. The third-order valence-electron chi connectivity index (χ3n) is 10.5. The fraction of sp³-hybridized carbons (Fsp3) is 0.606. The van der Waals surface area contributed by atoms with Crippen molar-refractivity contribution in [2.45, 2.75) is 91.1 Å². The summed E-state index contributed by atoms with van der Waals surface area (Å²) in [5, 5.41) is 47.1. The molecule has 4 N–H and O–H groups in total. The summed E-state index contributed by atoms with van der Waals surface area (Å²) in [4.78, 5) is 42.8. The number of hydrogen-bond donors (Lipinski definition) is 4. The molecule has 0 radical (unpaired) electrons. The highest BCUT2D eigenvalue weighted by molar-refractivity contribution is 6.25. The predicted octanol–water partition coefficient (Wildman–Crippen LogP) is 5.46. The molecule has 0 saturated heterocycles. The Hall–Kier alpha value is -3.13. The Bertz CT molecular complexity index is 1430. The van der Waals surface area contributed by atoms with E-state index in [-0.39, 0.29) is 47.3 Å². The molecule has 222 valence electrons. The van der Waals surface area contributed by atoms with Crippen molar-refractivity contribution in [3.8, 4) is 5.75 Å². The minimum absolute atomic E-state index is 0.0862. The van der Waals surface area contributed by atoms with E-state index >= 15 is 0 Å². The average Bonchev–Trinajstić information content (AvgIpc) is 2.86. The van der Waals surface area contributed by atoms with Gasteiger partial charge in [0.25, 0.3) is 0 Å². The molecular formula is C33H43NO7. The lowest BCUT2D eigenvalue weighted by Gasteiger charge is -2.59. The Morgan fingerprint density at radius 1 is 1.05 bits per heavy atom. The van der Waals surface area contributed by atoms with Crippen LogP contribution in [0.4, 0.5) is 5.69 Å². The summed E-state index contributed by atoms with van der Waals surface area (Å²) >= 11 is 0. The number of hydrogen-bond acceptors (Lipinski definition) is 8. The summed E-state index contributed by atoms with van der Waals surface area (Å²) in [5.41, 5.74) is -3.40. The molecule has 0 amide bonds. The highest BCUT2D eigenvalue weighted by Gasteiger charge is 2.71. The SMILES string of the molecule is CC(=O)C1=C(O)C(C(C)C)[C@@]2(C)C[C@@]3(C)Cc4c(N(C)C)cc(C5CCCCC5)c(O)c4C(=O)C3=C(O)[C@@]2(O)C1=O. The fourth-order valence-electron chi connectivity index (χ4n) is 8.93. The van der Waals surface area contributed by atoms with Crippen LogP contribution in [-0.4, -0.2) is 57.5 Å². The number of phenols is 1. The molecule has 0 bridgehead atoms. The maximum atomic E-state index is 14.5. The third kappa shape index (κ3) is 3.78. The molecule has 0 spiro atoms. The normalized spacial score (nSPS) is 32.2. The van der Waals surface area contributed by atoms with E-state index < -0.39 is 51.0 Å². The first-order valence-corrected chi connectivity index (χ1v) is 14.8. The number of allylic oxidation sites excluding steroid dienone is 2. The van der Waals surface area contributed by atoms with E-state index in [0.29, 0.717) is 11.1 Å². The molecule has 1 unspecified atom stereocenters. The highest BCUT2D eigenvalue weighted by Crippen LogP contribution is 2.65. The molecule has 5 rings (SSSR count). The van der Waals surface area contributed by atoms with Crippen LogP contribution in [0.1, 0.15) is 101 Å². The number of aliphatic hydroxyl groups is 3. The van der Waals surface area contributed by atoms with Gasteiger partial charge in [-0.3, -0.25) is 14.4 Å². The fourth-order valence-corrected chi connectivity index (χ4v) is 8.93. The summed E-state index contributed by atoms with van der Waals surface area (Å²) in [6, 6.07) is 1.99. The van der Waals surface area contributed by atoms with Gasteiger partial charge in [-0.1, -0.05) is 47.0 Å². The smallest absolute Gasteiger partial charge is 0.209 e. The summed E-state index contributed by atoms with van der Waals surface area (Å²) < 4.78 is 0. The largest absolute Gasteiger partial charge is 0.511 e. The van der Waals surface area contributed by atoms with Crippen molar-refractivity contribution in [3.05, 3.63) is 45.4 Å². The second-order valence-electron chi connectivity index (χ2n) is 13.9. The second-order valence-corrected chi connectivity index (χ2v) is 13.9. The van der Waals surface area contributed by atoms with E-state index in [1.807, 2.05) is 45.8 Å². The van der Waals surface area contributed by atoms with E-state index in [9.17, 15) is 34.8 Å². The number of nitrogens with zero attached hydrogens (tertiary/aromatic N) is 1. The Balaban J connectivity index is 1.80. The quantitative estimate of drug-likeness (QED) is 0.354. The van der Waals surface area contributed by atoms with Crippen molar-refractivity contribution >= 4 is 23.0 Å². The molecule has 4 aliphatic rings. The number of ketones is 3. The predicted molar refractivity (Wildman–Crippen MR) is 155 cm³/mol. The molecule has 1 fully saturated rings. The van der Waals surface area contributed by atoms with Crippen molar-refractivity contribution < 1.29 is 34.8 Å². The summed E-state index contributed by atoms with van der Waals surface area (Å²) in [6.07, 6.45) is 5.39. The number of Topliss-reactive ketones (excluding diaryl/α,β-unsaturated/α-hetero) is 3. The zero-order chi connectivity index (χ0) is 30.4. The number of aromatic hydroxyl groups is 1. The molecule has 1 aromatic carbocycles. The second kappa shape index (κ2) is 9.45. The minimum atomic E-state index is -2.60. The van der Waals surface area contributed by atoms with Crippen LogP contribution < -0.4 is 4.90 Å². The maximum absolute atomic E-state index is 14.5. The number of aliphatic hydroxyl groups excluding tert-OH is 2. The molecule has 8 nitrogen and oxygen atoms in total. The lowest BCUT2D eigenvalue weighted by Crippen LogP contribution is -2.67. The number of rotatable bonds is 4. The number of carbonyl (C=O) groups is 3. The van der Waals surface area contributed by atoms with Crippen molar-refractivity contribution in [1.29, 1.82) is 0 Å². The highest BCUT2D eigenvalue weighted by atomic mass is 16.3. The van der Waals surface area contributed by atoms with Gasteiger partial charge in [-0.05, 0) is 61.6 Å². The first-order valence-electron chi connectivity index (χ1n) is 14.8. The lowest BCUT2D eigenvalue weighted by molar-refractivity contribution is -0.171. The Morgan fingerprint density at radius 2 is 1.66 bits per heavy atom. The third-order valence-corrected chi connectivity index (χ3v) is 10.5. The van der Waals surface area contributed by atoms with Crippen molar-refractivity contribution in [3.63, 3.8) is 0 Å². The topological polar surface area (TPSA) is 135 Å². The van der Waals surface area contributed by atoms with Gasteiger partial charge in [0.15, 0.2) is 17.2 Å². The maximum Gasteiger partial charge on any atom is 0.209 e. The molecule has 4 atom stereocenters. The number of benzene rings is 1. The first kappa shape index (κ1) is 29.4. The summed E-state index contributed by atoms with van der Waals surface area (Å²) in [6.45, 7) is 8.28. The Kier molecular flexibility index (Phi) is 6.76.